The van der Waals surface area contributed by atoms with Gasteiger partial charge < -0.3 is 9.74 Å². The summed E-state index contributed by atoms with van der Waals surface area (Å²) >= 11 is 0. The standard InChI is InChI=1S/C20H28N4O2/c1-2-16-12-18(26-23-16)20(25)24-10-8-15(9-11-24)19-17(13-21-22-19)14-6-4-3-5-7-14/h3-7,15,17-19,21-22H,2,8-13H2,1H3. The quantitative estimate of drug-likeness (QED) is 0.866. The Hall–Kier alpha value is -1.92. The third kappa shape index (κ3) is 3.48. The van der Waals surface area contributed by atoms with Gasteiger partial charge in [-0.15, -0.1) is 0 Å². The Morgan fingerprint density at radius 2 is 2.04 bits per heavy atom. The minimum absolute atomic E-state index is 0.104. The number of amides is 1. The Morgan fingerprint density at radius 3 is 2.73 bits per heavy atom. The number of carbonyl (C=O) groups excluding carboxylic acids is 1. The minimum Gasteiger partial charge on any atom is -0.382 e. The molecule has 0 bridgehead atoms. The van der Waals surface area contributed by atoms with Gasteiger partial charge in [-0.1, -0.05) is 42.4 Å². The van der Waals surface area contributed by atoms with E-state index >= 15 is 0 Å². The number of oxime groups is 1. The van der Waals surface area contributed by atoms with Gasteiger partial charge >= 0.3 is 0 Å². The SMILES string of the molecule is CCC1=NOC(C(=O)N2CCC(C3NNCC3c3ccccc3)CC2)C1. The maximum Gasteiger partial charge on any atom is 0.266 e. The van der Waals surface area contributed by atoms with Crippen molar-refractivity contribution >= 4 is 11.6 Å². The average Bonchev–Trinajstić information content (AvgIpc) is 3.38. The van der Waals surface area contributed by atoms with Gasteiger partial charge in [0.25, 0.3) is 5.91 Å². The summed E-state index contributed by atoms with van der Waals surface area (Å²) in [6.45, 7) is 4.63. The van der Waals surface area contributed by atoms with Crippen molar-refractivity contribution in [2.75, 3.05) is 19.6 Å². The topological polar surface area (TPSA) is 66.0 Å². The van der Waals surface area contributed by atoms with Crippen molar-refractivity contribution in [3.05, 3.63) is 35.9 Å². The number of rotatable bonds is 4. The molecule has 0 aliphatic carbocycles. The number of likely N-dealkylation sites (tertiary alicyclic amines) is 1. The Balaban J connectivity index is 1.33. The third-order valence-electron chi connectivity index (χ3n) is 6.02. The van der Waals surface area contributed by atoms with Gasteiger partial charge in [0, 0.05) is 38.0 Å². The van der Waals surface area contributed by atoms with E-state index in [2.05, 4.69) is 46.3 Å². The summed E-state index contributed by atoms with van der Waals surface area (Å²) in [5, 5.41) is 4.02. The lowest BCUT2D eigenvalue weighted by molar-refractivity contribution is -0.143. The molecule has 2 N–H and O–H groups in total. The van der Waals surface area contributed by atoms with Gasteiger partial charge in [-0.2, -0.15) is 0 Å². The summed E-state index contributed by atoms with van der Waals surface area (Å²) < 4.78 is 0. The lowest BCUT2D eigenvalue weighted by Gasteiger charge is -2.37. The molecule has 4 rings (SSSR count). The molecule has 26 heavy (non-hydrogen) atoms. The number of hydrogen-bond donors (Lipinski definition) is 2. The first-order chi connectivity index (χ1) is 12.8. The zero-order valence-electron chi connectivity index (χ0n) is 15.4. The molecule has 1 aromatic rings. The number of piperidine rings is 1. The number of benzene rings is 1. The van der Waals surface area contributed by atoms with Gasteiger partial charge in [-0.3, -0.25) is 15.6 Å². The highest BCUT2D eigenvalue weighted by Gasteiger charge is 2.38. The van der Waals surface area contributed by atoms with E-state index in [4.69, 9.17) is 4.84 Å². The lowest BCUT2D eigenvalue weighted by atomic mass is 9.80. The van der Waals surface area contributed by atoms with Crippen LogP contribution in [0.15, 0.2) is 35.5 Å². The van der Waals surface area contributed by atoms with E-state index < -0.39 is 6.10 Å². The second-order valence-corrected chi connectivity index (χ2v) is 7.54. The molecular formula is C20H28N4O2. The van der Waals surface area contributed by atoms with Crippen molar-refractivity contribution in [1.82, 2.24) is 15.8 Å². The Labute approximate surface area is 154 Å². The fraction of sp³-hybridized carbons (Fsp3) is 0.600. The lowest BCUT2D eigenvalue weighted by Crippen LogP contribution is -2.48. The van der Waals surface area contributed by atoms with Gasteiger partial charge in [0.05, 0.1) is 5.71 Å². The first kappa shape index (κ1) is 17.5. The van der Waals surface area contributed by atoms with Crippen LogP contribution in [0.2, 0.25) is 0 Å². The van der Waals surface area contributed by atoms with Crippen LogP contribution in [0.25, 0.3) is 0 Å². The second-order valence-electron chi connectivity index (χ2n) is 7.54. The molecule has 1 amide bonds. The summed E-state index contributed by atoms with van der Waals surface area (Å²) in [6, 6.07) is 11.1. The molecule has 0 spiro atoms. The molecule has 3 heterocycles. The van der Waals surface area contributed by atoms with Crippen LogP contribution in [0.1, 0.15) is 44.1 Å². The first-order valence-electron chi connectivity index (χ1n) is 9.80. The molecule has 3 atom stereocenters. The molecule has 6 nitrogen and oxygen atoms in total. The summed E-state index contributed by atoms with van der Waals surface area (Å²) in [6.07, 6.45) is 3.17. The van der Waals surface area contributed by atoms with Crippen LogP contribution in [-0.4, -0.2) is 48.3 Å². The molecule has 140 valence electrons. The van der Waals surface area contributed by atoms with Crippen LogP contribution in [0.4, 0.5) is 0 Å². The molecule has 0 saturated carbocycles. The zero-order valence-corrected chi connectivity index (χ0v) is 15.4. The predicted molar refractivity (Wildman–Crippen MR) is 101 cm³/mol. The zero-order chi connectivity index (χ0) is 17.9. The van der Waals surface area contributed by atoms with Crippen LogP contribution in [0.5, 0.6) is 0 Å². The molecule has 0 aromatic heterocycles. The van der Waals surface area contributed by atoms with E-state index in [-0.39, 0.29) is 5.91 Å². The summed E-state index contributed by atoms with van der Waals surface area (Å²) in [7, 11) is 0. The molecule has 3 aliphatic rings. The maximum atomic E-state index is 12.7. The van der Waals surface area contributed by atoms with Crippen molar-refractivity contribution < 1.29 is 9.63 Å². The molecule has 2 fully saturated rings. The van der Waals surface area contributed by atoms with Gasteiger partial charge in [0.1, 0.15) is 0 Å². The van der Waals surface area contributed by atoms with E-state index in [1.807, 2.05) is 11.8 Å². The third-order valence-corrected chi connectivity index (χ3v) is 6.02. The van der Waals surface area contributed by atoms with Gasteiger partial charge in [0.2, 0.25) is 6.10 Å². The highest BCUT2D eigenvalue weighted by Crippen LogP contribution is 2.32. The van der Waals surface area contributed by atoms with Crippen LogP contribution < -0.4 is 10.9 Å². The fourth-order valence-electron chi connectivity index (χ4n) is 4.44. The Bertz CT molecular complexity index is 655. The number of nitrogens with one attached hydrogen (secondary N) is 2. The van der Waals surface area contributed by atoms with Crippen molar-refractivity contribution in [3.63, 3.8) is 0 Å². The molecule has 3 aliphatic heterocycles. The molecule has 2 saturated heterocycles. The maximum absolute atomic E-state index is 12.7. The van der Waals surface area contributed by atoms with Crippen LogP contribution in [-0.2, 0) is 9.63 Å². The summed E-state index contributed by atoms with van der Waals surface area (Å²) in [4.78, 5) is 20.0. The van der Waals surface area contributed by atoms with Gasteiger partial charge in [-0.05, 0) is 30.7 Å². The summed E-state index contributed by atoms with van der Waals surface area (Å²) in [5.41, 5.74) is 9.21. The first-order valence-corrected chi connectivity index (χ1v) is 9.80. The molecule has 1 aromatic carbocycles. The second kappa shape index (κ2) is 7.76. The predicted octanol–water partition coefficient (Wildman–Crippen LogP) is 2.04. The normalized spacial score (nSPS) is 29.5. The number of hydrazine groups is 1. The minimum atomic E-state index is -0.398. The molecular weight excluding hydrogens is 328 g/mol. The van der Waals surface area contributed by atoms with E-state index in [1.54, 1.807) is 0 Å². The smallest absolute Gasteiger partial charge is 0.266 e. The molecule has 0 radical (unpaired) electrons. The Morgan fingerprint density at radius 1 is 1.27 bits per heavy atom. The highest BCUT2D eigenvalue weighted by molar-refractivity contribution is 5.92. The molecule has 3 unspecified atom stereocenters. The average molecular weight is 356 g/mol. The van der Waals surface area contributed by atoms with E-state index in [1.165, 1.54) is 5.56 Å². The Kier molecular flexibility index (Phi) is 5.22. The van der Waals surface area contributed by atoms with Gasteiger partial charge in [0.15, 0.2) is 0 Å². The number of nitrogens with zero attached hydrogens (tertiary/aromatic N) is 2. The monoisotopic (exact) mass is 356 g/mol. The van der Waals surface area contributed by atoms with Crippen LogP contribution in [0, 0.1) is 5.92 Å². The largest absolute Gasteiger partial charge is 0.382 e. The van der Waals surface area contributed by atoms with Crippen LogP contribution in [0.3, 0.4) is 0 Å². The number of hydrogen-bond acceptors (Lipinski definition) is 5. The van der Waals surface area contributed by atoms with E-state index in [9.17, 15) is 4.79 Å². The van der Waals surface area contributed by atoms with Gasteiger partial charge in [-0.25, -0.2) is 0 Å². The molecule has 6 heteroatoms. The van der Waals surface area contributed by atoms with Crippen LogP contribution >= 0.6 is 0 Å². The van der Waals surface area contributed by atoms with E-state index in [0.29, 0.717) is 24.3 Å². The summed E-state index contributed by atoms with van der Waals surface area (Å²) in [5.74, 6) is 1.17. The van der Waals surface area contributed by atoms with Crippen molar-refractivity contribution in [2.45, 2.75) is 50.7 Å². The number of carbonyl (C=O) groups is 1. The van der Waals surface area contributed by atoms with Crippen molar-refractivity contribution in [3.8, 4) is 0 Å². The van der Waals surface area contributed by atoms with E-state index in [0.717, 1.165) is 44.6 Å². The fourth-order valence-corrected chi connectivity index (χ4v) is 4.44. The van der Waals surface area contributed by atoms with Crippen molar-refractivity contribution in [1.29, 1.82) is 0 Å². The highest BCUT2D eigenvalue weighted by atomic mass is 16.6. The van der Waals surface area contributed by atoms with Crippen molar-refractivity contribution in [2.24, 2.45) is 11.1 Å².